The Balaban J connectivity index is 1.48. The number of aryl methyl sites for hydroxylation is 1. The first-order valence-electron chi connectivity index (χ1n) is 9.37. The summed E-state index contributed by atoms with van der Waals surface area (Å²) in [7, 11) is 2.01. The van der Waals surface area contributed by atoms with Crippen molar-refractivity contribution in [2.45, 2.75) is 38.6 Å². The van der Waals surface area contributed by atoms with Gasteiger partial charge in [-0.2, -0.15) is 0 Å². The van der Waals surface area contributed by atoms with Gasteiger partial charge in [0.25, 0.3) is 5.91 Å². The van der Waals surface area contributed by atoms with Crippen LogP contribution in [0.1, 0.15) is 51.9 Å². The van der Waals surface area contributed by atoms with Gasteiger partial charge in [0, 0.05) is 43.3 Å². The van der Waals surface area contributed by atoms with Crippen LogP contribution < -0.4 is 0 Å². The lowest BCUT2D eigenvalue weighted by molar-refractivity contribution is 0.0708. The monoisotopic (exact) mass is 384 g/mol. The molecule has 3 aromatic rings. The van der Waals surface area contributed by atoms with Crippen molar-refractivity contribution in [3.05, 3.63) is 52.3 Å². The highest BCUT2D eigenvalue weighted by molar-refractivity contribution is 7.14. The van der Waals surface area contributed by atoms with Crippen molar-refractivity contribution in [2.75, 3.05) is 13.1 Å². The Bertz CT molecular complexity index is 913. The molecule has 1 saturated heterocycles. The van der Waals surface area contributed by atoms with Gasteiger partial charge >= 0.3 is 0 Å². The van der Waals surface area contributed by atoms with Crippen molar-refractivity contribution >= 4 is 17.2 Å². The molecule has 0 saturated carbocycles. The molecule has 0 spiro atoms. The van der Waals surface area contributed by atoms with Gasteiger partial charge in [0.15, 0.2) is 5.82 Å². The molecule has 1 amide bonds. The summed E-state index contributed by atoms with van der Waals surface area (Å²) in [4.78, 5) is 21.0. The van der Waals surface area contributed by atoms with Crippen LogP contribution in [0.3, 0.4) is 0 Å². The van der Waals surface area contributed by atoms with Crippen LogP contribution in [-0.2, 0) is 20.0 Å². The molecule has 27 heavy (non-hydrogen) atoms. The minimum absolute atomic E-state index is 0.144. The molecule has 3 aromatic heterocycles. The molecule has 0 unspecified atom stereocenters. The molecule has 0 bridgehead atoms. The molecule has 4 heterocycles. The van der Waals surface area contributed by atoms with E-state index in [1.165, 1.54) is 4.88 Å². The number of rotatable bonds is 5. The quantitative estimate of drug-likeness (QED) is 0.678. The standard InChI is InChI=1S/C19H24N6OS/c1-3-15-6-7-16(27-15)19(26)25-9-4-5-14(11-25)18-22-21-17(23(18)2)12-24-10-8-20-13-24/h6-8,10,13-14H,3-5,9,11-12H2,1-2H3/t14-/m0/s1. The van der Waals surface area contributed by atoms with Crippen LogP contribution in [0.2, 0.25) is 0 Å². The zero-order valence-corrected chi connectivity index (χ0v) is 16.5. The van der Waals surface area contributed by atoms with Gasteiger partial charge in [-0.3, -0.25) is 4.79 Å². The van der Waals surface area contributed by atoms with E-state index in [1.807, 2.05) is 28.8 Å². The summed E-state index contributed by atoms with van der Waals surface area (Å²) in [5.74, 6) is 2.23. The Morgan fingerprint density at radius 2 is 2.22 bits per heavy atom. The summed E-state index contributed by atoms with van der Waals surface area (Å²) in [5, 5.41) is 8.82. The van der Waals surface area contributed by atoms with Gasteiger partial charge in [0.2, 0.25) is 0 Å². The number of imidazole rings is 1. The second-order valence-electron chi connectivity index (χ2n) is 6.98. The molecule has 0 N–H and O–H groups in total. The Labute approximate surface area is 162 Å². The van der Waals surface area contributed by atoms with Gasteiger partial charge in [-0.05, 0) is 31.4 Å². The van der Waals surface area contributed by atoms with Crippen molar-refractivity contribution in [3.63, 3.8) is 0 Å². The molecule has 4 rings (SSSR count). The smallest absolute Gasteiger partial charge is 0.263 e. The van der Waals surface area contributed by atoms with E-state index in [-0.39, 0.29) is 11.8 Å². The number of carbonyl (C=O) groups is 1. The number of hydrogen-bond acceptors (Lipinski definition) is 5. The largest absolute Gasteiger partial charge is 0.337 e. The highest BCUT2D eigenvalue weighted by atomic mass is 32.1. The predicted octanol–water partition coefficient (Wildman–Crippen LogP) is 2.70. The lowest BCUT2D eigenvalue weighted by Crippen LogP contribution is -2.39. The number of hydrogen-bond donors (Lipinski definition) is 0. The van der Waals surface area contributed by atoms with E-state index in [4.69, 9.17) is 0 Å². The minimum atomic E-state index is 0.144. The van der Waals surface area contributed by atoms with Crippen LogP contribution in [0.5, 0.6) is 0 Å². The summed E-state index contributed by atoms with van der Waals surface area (Å²) < 4.78 is 4.05. The Morgan fingerprint density at radius 3 is 2.96 bits per heavy atom. The molecule has 8 heteroatoms. The van der Waals surface area contributed by atoms with Crippen LogP contribution in [0.4, 0.5) is 0 Å². The van der Waals surface area contributed by atoms with Crippen molar-refractivity contribution in [1.29, 1.82) is 0 Å². The molecular weight excluding hydrogens is 360 g/mol. The first-order valence-corrected chi connectivity index (χ1v) is 10.2. The molecule has 0 radical (unpaired) electrons. The molecule has 0 aromatic carbocycles. The molecule has 7 nitrogen and oxygen atoms in total. The van der Waals surface area contributed by atoms with E-state index in [0.29, 0.717) is 13.1 Å². The number of thiophene rings is 1. The zero-order valence-electron chi connectivity index (χ0n) is 15.7. The third kappa shape index (κ3) is 3.66. The fourth-order valence-corrected chi connectivity index (χ4v) is 4.54. The third-order valence-electron chi connectivity index (χ3n) is 5.18. The second kappa shape index (κ2) is 7.64. The predicted molar refractivity (Wildman–Crippen MR) is 104 cm³/mol. The van der Waals surface area contributed by atoms with Crippen molar-refractivity contribution in [1.82, 2.24) is 29.2 Å². The number of piperidine rings is 1. The van der Waals surface area contributed by atoms with Crippen molar-refractivity contribution < 1.29 is 4.79 Å². The van der Waals surface area contributed by atoms with Crippen LogP contribution in [0.15, 0.2) is 30.9 Å². The minimum Gasteiger partial charge on any atom is -0.337 e. The topological polar surface area (TPSA) is 68.8 Å². The first kappa shape index (κ1) is 17.9. The number of carbonyl (C=O) groups excluding carboxylic acids is 1. The highest BCUT2D eigenvalue weighted by Crippen LogP contribution is 2.28. The maximum Gasteiger partial charge on any atom is 0.263 e. The average Bonchev–Trinajstić information content (AvgIpc) is 3.44. The fourth-order valence-electron chi connectivity index (χ4n) is 3.62. The highest BCUT2D eigenvalue weighted by Gasteiger charge is 2.29. The number of nitrogens with zero attached hydrogens (tertiary/aromatic N) is 6. The van der Waals surface area contributed by atoms with E-state index in [9.17, 15) is 4.79 Å². The van der Waals surface area contributed by atoms with E-state index in [1.54, 1.807) is 23.9 Å². The van der Waals surface area contributed by atoms with Gasteiger partial charge in [0.05, 0.1) is 17.7 Å². The van der Waals surface area contributed by atoms with Crippen molar-refractivity contribution in [3.8, 4) is 0 Å². The molecular formula is C19H24N6OS. The van der Waals surface area contributed by atoms with Gasteiger partial charge in [-0.15, -0.1) is 21.5 Å². The van der Waals surface area contributed by atoms with Gasteiger partial charge in [0.1, 0.15) is 5.82 Å². The number of likely N-dealkylation sites (tertiary alicyclic amines) is 1. The van der Waals surface area contributed by atoms with E-state index >= 15 is 0 Å². The zero-order chi connectivity index (χ0) is 18.8. The molecule has 1 aliphatic heterocycles. The van der Waals surface area contributed by atoms with Gasteiger partial charge in [-0.25, -0.2) is 4.98 Å². The average molecular weight is 385 g/mol. The SMILES string of the molecule is CCc1ccc(C(=O)N2CCC[C@H](c3nnc(Cn4ccnc4)n3C)C2)s1. The van der Waals surface area contributed by atoms with Crippen molar-refractivity contribution in [2.24, 2.45) is 7.05 Å². The van der Waals surface area contributed by atoms with Crippen LogP contribution >= 0.6 is 11.3 Å². The van der Waals surface area contributed by atoms with Gasteiger partial charge in [-0.1, -0.05) is 6.92 Å². The normalized spacial score (nSPS) is 17.4. The van der Waals surface area contributed by atoms with E-state index in [0.717, 1.165) is 42.3 Å². The molecule has 1 atom stereocenters. The molecule has 142 valence electrons. The fraction of sp³-hybridized carbons (Fsp3) is 0.474. The number of amides is 1. The number of aromatic nitrogens is 5. The second-order valence-corrected chi connectivity index (χ2v) is 8.15. The summed E-state index contributed by atoms with van der Waals surface area (Å²) in [6, 6.07) is 4.02. The lowest BCUT2D eigenvalue weighted by atomic mass is 9.97. The Hall–Kier alpha value is -2.48. The maximum absolute atomic E-state index is 12.9. The third-order valence-corrected chi connectivity index (χ3v) is 6.39. The molecule has 0 aliphatic carbocycles. The summed E-state index contributed by atoms with van der Waals surface area (Å²) in [5.41, 5.74) is 0. The van der Waals surface area contributed by atoms with E-state index < -0.39 is 0 Å². The maximum atomic E-state index is 12.9. The van der Waals surface area contributed by atoms with Crippen LogP contribution in [0, 0.1) is 0 Å². The van der Waals surface area contributed by atoms with Gasteiger partial charge < -0.3 is 14.0 Å². The molecule has 1 aliphatic rings. The summed E-state index contributed by atoms with van der Waals surface area (Å²) >= 11 is 1.61. The molecule has 1 fully saturated rings. The lowest BCUT2D eigenvalue weighted by Gasteiger charge is -2.32. The Kier molecular flexibility index (Phi) is 5.07. The first-order chi connectivity index (χ1) is 13.2. The Morgan fingerprint density at radius 1 is 1.33 bits per heavy atom. The summed E-state index contributed by atoms with van der Waals surface area (Å²) in [6.07, 6.45) is 8.45. The summed E-state index contributed by atoms with van der Waals surface area (Å²) in [6.45, 7) is 4.28. The van der Waals surface area contributed by atoms with Crippen LogP contribution in [-0.4, -0.2) is 48.2 Å². The van der Waals surface area contributed by atoms with E-state index in [2.05, 4.69) is 32.7 Å². The van der Waals surface area contributed by atoms with Crippen LogP contribution in [0.25, 0.3) is 0 Å².